The SMILES string of the molecule is COc1cccc2c(CC(C)(C)N)nccc12. The largest absolute Gasteiger partial charge is 0.496 e. The Morgan fingerprint density at radius 1 is 1.24 bits per heavy atom. The topological polar surface area (TPSA) is 48.1 Å². The van der Waals surface area contributed by atoms with E-state index in [0.29, 0.717) is 0 Å². The van der Waals surface area contributed by atoms with Gasteiger partial charge in [0.05, 0.1) is 12.8 Å². The summed E-state index contributed by atoms with van der Waals surface area (Å²) in [4.78, 5) is 4.43. The van der Waals surface area contributed by atoms with Crippen LogP contribution in [0.25, 0.3) is 10.8 Å². The van der Waals surface area contributed by atoms with Gasteiger partial charge in [-0.25, -0.2) is 0 Å². The fourth-order valence-corrected chi connectivity index (χ4v) is 1.99. The molecule has 0 fully saturated rings. The molecule has 0 amide bonds. The number of nitrogens with zero attached hydrogens (tertiary/aromatic N) is 1. The van der Waals surface area contributed by atoms with Crippen LogP contribution in [0.1, 0.15) is 19.5 Å². The van der Waals surface area contributed by atoms with Crippen molar-refractivity contribution in [2.75, 3.05) is 7.11 Å². The van der Waals surface area contributed by atoms with Crippen LogP contribution in [0.4, 0.5) is 0 Å². The van der Waals surface area contributed by atoms with Crippen molar-refractivity contribution in [1.29, 1.82) is 0 Å². The standard InChI is InChI=1S/C14H18N2O/c1-14(2,15)9-12-10-5-4-6-13(17-3)11(10)7-8-16-12/h4-8H,9,15H2,1-3H3. The van der Waals surface area contributed by atoms with Crippen LogP contribution in [0, 0.1) is 0 Å². The third-order valence-electron chi connectivity index (χ3n) is 2.69. The fourth-order valence-electron chi connectivity index (χ4n) is 1.99. The number of methoxy groups -OCH3 is 1. The van der Waals surface area contributed by atoms with Gasteiger partial charge in [0.25, 0.3) is 0 Å². The Hall–Kier alpha value is -1.61. The molecule has 2 rings (SSSR count). The molecular formula is C14H18N2O. The first-order chi connectivity index (χ1) is 8.01. The Labute approximate surface area is 102 Å². The van der Waals surface area contributed by atoms with Gasteiger partial charge in [0.2, 0.25) is 0 Å². The van der Waals surface area contributed by atoms with Crippen molar-refractivity contribution in [1.82, 2.24) is 4.98 Å². The van der Waals surface area contributed by atoms with Crippen LogP contribution in [0.3, 0.4) is 0 Å². The van der Waals surface area contributed by atoms with E-state index in [1.54, 1.807) is 7.11 Å². The molecule has 0 saturated carbocycles. The van der Waals surface area contributed by atoms with Crippen LogP contribution in [-0.2, 0) is 6.42 Å². The minimum Gasteiger partial charge on any atom is -0.496 e. The highest BCUT2D eigenvalue weighted by Gasteiger charge is 2.15. The van der Waals surface area contributed by atoms with Crippen molar-refractivity contribution in [3.8, 4) is 5.75 Å². The Kier molecular flexibility index (Phi) is 3.03. The average Bonchev–Trinajstić information content (AvgIpc) is 2.27. The molecule has 2 N–H and O–H groups in total. The van der Waals surface area contributed by atoms with E-state index in [1.807, 2.05) is 38.2 Å². The van der Waals surface area contributed by atoms with Gasteiger partial charge in [0, 0.05) is 28.9 Å². The summed E-state index contributed by atoms with van der Waals surface area (Å²) in [5.41, 5.74) is 6.82. The minimum atomic E-state index is -0.260. The molecule has 0 saturated heterocycles. The lowest BCUT2D eigenvalue weighted by molar-refractivity contribution is 0.419. The third kappa shape index (κ3) is 2.56. The molecule has 3 heteroatoms. The van der Waals surface area contributed by atoms with E-state index in [-0.39, 0.29) is 5.54 Å². The van der Waals surface area contributed by atoms with E-state index in [4.69, 9.17) is 10.5 Å². The second-order valence-corrected chi connectivity index (χ2v) is 4.98. The van der Waals surface area contributed by atoms with Gasteiger partial charge in [-0.05, 0) is 26.0 Å². The number of benzene rings is 1. The maximum absolute atomic E-state index is 6.06. The van der Waals surface area contributed by atoms with E-state index in [0.717, 1.165) is 28.6 Å². The smallest absolute Gasteiger partial charge is 0.126 e. The summed E-state index contributed by atoms with van der Waals surface area (Å²) in [6.45, 7) is 4.02. The molecule has 90 valence electrons. The van der Waals surface area contributed by atoms with Crippen molar-refractivity contribution in [3.63, 3.8) is 0 Å². The minimum absolute atomic E-state index is 0.260. The van der Waals surface area contributed by atoms with Gasteiger partial charge in [0.1, 0.15) is 5.75 Å². The summed E-state index contributed by atoms with van der Waals surface area (Å²) < 4.78 is 5.35. The van der Waals surface area contributed by atoms with Gasteiger partial charge in [-0.1, -0.05) is 12.1 Å². The quantitative estimate of drug-likeness (QED) is 0.881. The lowest BCUT2D eigenvalue weighted by Crippen LogP contribution is -2.34. The first kappa shape index (κ1) is 11.9. The number of rotatable bonds is 3. The lowest BCUT2D eigenvalue weighted by Gasteiger charge is -2.19. The third-order valence-corrected chi connectivity index (χ3v) is 2.69. The van der Waals surface area contributed by atoms with Crippen LogP contribution in [-0.4, -0.2) is 17.6 Å². The first-order valence-electron chi connectivity index (χ1n) is 5.71. The molecule has 0 aliphatic carbocycles. The summed E-state index contributed by atoms with van der Waals surface area (Å²) in [5, 5.41) is 2.20. The average molecular weight is 230 g/mol. The Balaban J connectivity index is 2.58. The molecule has 0 aliphatic rings. The number of nitrogens with two attached hydrogens (primary N) is 1. The van der Waals surface area contributed by atoms with Crippen molar-refractivity contribution in [2.24, 2.45) is 5.73 Å². The molecule has 1 aromatic heterocycles. The Morgan fingerprint density at radius 2 is 2.00 bits per heavy atom. The Bertz CT molecular complexity index is 529. The monoisotopic (exact) mass is 230 g/mol. The second kappa shape index (κ2) is 4.34. The zero-order valence-electron chi connectivity index (χ0n) is 10.5. The molecule has 0 atom stereocenters. The van der Waals surface area contributed by atoms with Crippen molar-refractivity contribution in [3.05, 3.63) is 36.2 Å². The van der Waals surface area contributed by atoms with Crippen molar-refractivity contribution < 1.29 is 4.74 Å². The summed E-state index contributed by atoms with van der Waals surface area (Å²) in [5.74, 6) is 0.876. The predicted octanol–water partition coefficient (Wildman–Crippen LogP) is 2.52. The lowest BCUT2D eigenvalue weighted by atomic mass is 9.96. The predicted molar refractivity (Wildman–Crippen MR) is 70.3 cm³/mol. The molecule has 0 unspecified atom stereocenters. The van der Waals surface area contributed by atoms with Crippen LogP contribution < -0.4 is 10.5 Å². The number of aromatic nitrogens is 1. The van der Waals surface area contributed by atoms with Gasteiger partial charge in [0.15, 0.2) is 0 Å². The molecule has 2 aromatic rings. The molecule has 0 aliphatic heterocycles. The van der Waals surface area contributed by atoms with Crippen LogP contribution in [0.2, 0.25) is 0 Å². The maximum atomic E-state index is 6.06. The summed E-state index contributed by atoms with van der Waals surface area (Å²) in [7, 11) is 1.68. The summed E-state index contributed by atoms with van der Waals surface area (Å²) in [6, 6.07) is 7.97. The summed E-state index contributed by atoms with van der Waals surface area (Å²) in [6.07, 6.45) is 2.56. The van der Waals surface area contributed by atoms with Gasteiger partial charge in [-0.15, -0.1) is 0 Å². The van der Waals surface area contributed by atoms with Crippen molar-refractivity contribution in [2.45, 2.75) is 25.8 Å². The molecule has 3 nitrogen and oxygen atoms in total. The second-order valence-electron chi connectivity index (χ2n) is 4.98. The molecule has 1 heterocycles. The zero-order valence-corrected chi connectivity index (χ0v) is 10.5. The molecule has 0 spiro atoms. The number of hydrogen-bond donors (Lipinski definition) is 1. The van der Waals surface area contributed by atoms with E-state index < -0.39 is 0 Å². The van der Waals surface area contributed by atoms with E-state index in [2.05, 4.69) is 11.1 Å². The number of ether oxygens (including phenoxy) is 1. The highest BCUT2D eigenvalue weighted by atomic mass is 16.5. The summed E-state index contributed by atoms with van der Waals surface area (Å²) >= 11 is 0. The highest BCUT2D eigenvalue weighted by molar-refractivity contribution is 5.89. The number of fused-ring (bicyclic) bond motifs is 1. The van der Waals surface area contributed by atoms with Crippen LogP contribution >= 0.6 is 0 Å². The van der Waals surface area contributed by atoms with Gasteiger partial charge >= 0.3 is 0 Å². The van der Waals surface area contributed by atoms with E-state index in [9.17, 15) is 0 Å². The number of pyridine rings is 1. The van der Waals surface area contributed by atoms with Crippen LogP contribution in [0.5, 0.6) is 5.75 Å². The van der Waals surface area contributed by atoms with Gasteiger partial charge < -0.3 is 10.5 Å². The first-order valence-corrected chi connectivity index (χ1v) is 5.71. The maximum Gasteiger partial charge on any atom is 0.126 e. The number of hydrogen-bond acceptors (Lipinski definition) is 3. The van der Waals surface area contributed by atoms with Crippen LogP contribution in [0.15, 0.2) is 30.5 Å². The zero-order chi connectivity index (χ0) is 12.5. The normalized spacial score (nSPS) is 11.8. The molecule has 17 heavy (non-hydrogen) atoms. The highest BCUT2D eigenvalue weighted by Crippen LogP contribution is 2.27. The molecule has 0 radical (unpaired) electrons. The Morgan fingerprint density at radius 3 is 2.65 bits per heavy atom. The van der Waals surface area contributed by atoms with Gasteiger partial charge in [-0.2, -0.15) is 0 Å². The van der Waals surface area contributed by atoms with Gasteiger partial charge in [-0.3, -0.25) is 4.98 Å². The molecule has 0 bridgehead atoms. The van der Waals surface area contributed by atoms with Crippen molar-refractivity contribution >= 4 is 10.8 Å². The van der Waals surface area contributed by atoms with E-state index in [1.165, 1.54) is 0 Å². The fraction of sp³-hybridized carbons (Fsp3) is 0.357. The van der Waals surface area contributed by atoms with E-state index >= 15 is 0 Å². The molecular weight excluding hydrogens is 212 g/mol. The molecule has 1 aromatic carbocycles.